The van der Waals surface area contributed by atoms with Gasteiger partial charge in [0.25, 0.3) is 5.91 Å². The molecule has 1 aliphatic heterocycles. The standard InChI is InChI=1S/C22H22FN3O3S/c1-14-9-17(12-27)22(13-29-14,18-10-15(11-24)7-8-19(18)23)26-21(30)25-20(28)16-5-3-2-4-6-16/h2-8,10,14,17,27H,9,12-13H2,1H3,(H2,25,26,28,30). The molecule has 8 heteroatoms. The van der Waals surface area contributed by atoms with Crippen LogP contribution in [0.3, 0.4) is 0 Å². The van der Waals surface area contributed by atoms with Gasteiger partial charge in [-0.15, -0.1) is 0 Å². The SMILES string of the molecule is CC1CC(CO)C(NC(=S)NC(=O)c2ccccc2)(c2cc(C#N)ccc2F)CO1. The van der Waals surface area contributed by atoms with Crippen molar-refractivity contribution in [1.29, 1.82) is 5.26 Å². The second-order valence-electron chi connectivity index (χ2n) is 7.29. The molecule has 1 amide bonds. The molecular formula is C22H22FN3O3S. The summed E-state index contributed by atoms with van der Waals surface area (Å²) in [5.41, 5.74) is -0.411. The molecule has 1 saturated heterocycles. The van der Waals surface area contributed by atoms with Crippen LogP contribution < -0.4 is 10.6 Å². The molecule has 0 saturated carbocycles. The van der Waals surface area contributed by atoms with Crippen LogP contribution in [0.1, 0.15) is 34.8 Å². The molecule has 3 rings (SSSR count). The molecule has 1 heterocycles. The van der Waals surface area contributed by atoms with E-state index in [1.807, 2.05) is 13.0 Å². The molecule has 2 aromatic carbocycles. The first-order valence-electron chi connectivity index (χ1n) is 9.50. The zero-order valence-electron chi connectivity index (χ0n) is 16.4. The van der Waals surface area contributed by atoms with Gasteiger partial charge in [0, 0.05) is 23.7 Å². The Kier molecular flexibility index (Phi) is 6.77. The molecule has 2 aromatic rings. The van der Waals surface area contributed by atoms with Crippen molar-refractivity contribution in [3.05, 3.63) is 71.0 Å². The molecule has 3 atom stereocenters. The molecule has 30 heavy (non-hydrogen) atoms. The molecule has 6 nitrogen and oxygen atoms in total. The average molecular weight is 428 g/mol. The third-order valence-corrected chi connectivity index (χ3v) is 5.51. The second-order valence-corrected chi connectivity index (χ2v) is 7.70. The van der Waals surface area contributed by atoms with Crippen LogP contribution in [-0.4, -0.2) is 35.4 Å². The zero-order chi connectivity index (χ0) is 21.7. The van der Waals surface area contributed by atoms with Crippen LogP contribution >= 0.6 is 12.2 Å². The van der Waals surface area contributed by atoms with Gasteiger partial charge in [-0.3, -0.25) is 10.1 Å². The average Bonchev–Trinajstić information content (AvgIpc) is 2.76. The summed E-state index contributed by atoms with van der Waals surface area (Å²) < 4.78 is 20.7. The van der Waals surface area contributed by atoms with Gasteiger partial charge in [-0.1, -0.05) is 18.2 Å². The quantitative estimate of drug-likeness (QED) is 0.650. The van der Waals surface area contributed by atoms with E-state index in [0.717, 1.165) is 0 Å². The molecule has 0 bridgehead atoms. The fraction of sp³-hybridized carbons (Fsp3) is 0.318. The molecule has 0 radical (unpaired) electrons. The van der Waals surface area contributed by atoms with Gasteiger partial charge in [0.15, 0.2) is 5.11 Å². The van der Waals surface area contributed by atoms with Gasteiger partial charge in [0.05, 0.1) is 29.9 Å². The maximum absolute atomic E-state index is 14.9. The zero-order valence-corrected chi connectivity index (χ0v) is 17.2. The van der Waals surface area contributed by atoms with Gasteiger partial charge in [0.2, 0.25) is 0 Å². The van der Waals surface area contributed by atoms with E-state index in [9.17, 15) is 19.6 Å². The van der Waals surface area contributed by atoms with Crippen LogP contribution in [-0.2, 0) is 10.3 Å². The summed E-state index contributed by atoms with van der Waals surface area (Å²) in [6.45, 7) is 1.61. The number of aliphatic hydroxyl groups is 1. The number of hydrogen-bond donors (Lipinski definition) is 3. The Morgan fingerprint density at radius 2 is 2.10 bits per heavy atom. The van der Waals surface area contributed by atoms with Gasteiger partial charge in [0.1, 0.15) is 5.82 Å². The minimum absolute atomic E-state index is 0.00649. The molecule has 3 N–H and O–H groups in total. The number of rotatable bonds is 4. The topological polar surface area (TPSA) is 94.4 Å². The van der Waals surface area contributed by atoms with E-state index in [-0.39, 0.29) is 35.6 Å². The number of hydrogen-bond acceptors (Lipinski definition) is 5. The fourth-order valence-corrected chi connectivity index (χ4v) is 4.01. The monoisotopic (exact) mass is 427 g/mol. The minimum atomic E-state index is -1.25. The molecule has 0 aliphatic carbocycles. The molecule has 0 aromatic heterocycles. The predicted octanol–water partition coefficient (Wildman–Crippen LogP) is 2.61. The lowest BCUT2D eigenvalue weighted by atomic mass is 9.74. The van der Waals surface area contributed by atoms with Crippen molar-refractivity contribution in [2.45, 2.75) is 25.0 Å². The first-order chi connectivity index (χ1) is 14.4. The Labute approximate surface area is 179 Å². The number of carbonyl (C=O) groups excluding carboxylic acids is 1. The van der Waals surface area contributed by atoms with Crippen LogP contribution in [0.4, 0.5) is 4.39 Å². The number of nitrogens with zero attached hydrogens (tertiary/aromatic N) is 1. The van der Waals surface area contributed by atoms with E-state index in [4.69, 9.17) is 17.0 Å². The van der Waals surface area contributed by atoms with Gasteiger partial charge in [-0.25, -0.2) is 4.39 Å². The smallest absolute Gasteiger partial charge is 0.257 e. The highest BCUT2D eigenvalue weighted by atomic mass is 32.1. The van der Waals surface area contributed by atoms with Gasteiger partial charge in [-0.05, 0) is 55.9 Å². The summed E-state index contributed by atoms with van der Waals surface area (Å²) in [7, 11) is 0. The normalized spacial score (nSPS) is 23.3. The number of halogens is 1. The highest BCUT2D eigenvalue weighted by Crippen LogP contribution is 2.39. The molecule has 1 fully saturated rings. The van der Waals surface area contributed by atoms with Crippen molar-refractivity contribution >= 4 is 23.2 Å². The Morgan fingerprint density at radius 3 is 2.77 bits per heavy atom. The van der Waals surface area contributed by atoms with Crippen molar-refractivity contribution in [1.82, 2.24) is 10.6 Å². The number of ether oxygens (including phenoxy) is 1. The number of thiocarbonyl (C=S) groups is 1. The van der Waals surface area contributed by atoms with E-state index in [2.05, 4.69) is 10.6 Å². The Balaban J connectivity index is 1.95. The van der Waals surface area contributed by atoms with Crippen molar-refractivity contribution < 1.29 is 19.0 Å². The number of amides is 1. The Morgan fingerprint density at radius 1 is 1.37 bits per heavy atom. The second kappa shape index (κ2) is 9.30. The van der Waals surface area contributed by atoms with Crippen LogP contribution in [0.2, 0.25) is 0 Å². The summed E-state index contributed by atoms with van der Waals surface area (Å²) >= 11 is 5.35. The van der Waals surface area contributed by atoms with E-state index in [1.165, 1.54) is 18.2 Å². The van der Waals surface area contributed by atoms with E-state index >= 15 is 0 Å². The first-order valence-corrected chi connectivity index (χ1v) is 9.91. The lowest BCUT2D eigenvalue weighted by molar-refractivity contribution is -0.0758. The Bertz CT molecular complexity index is 979. The van der Waals surface area contributed by atoms with Crippen molar-refractivity contribution in [2.75, 3.05) is 13.2 Å². The summed E-state index contributed by atoms with van der Waals surface area (Å²) in [4.78, 5) is 12.5. The molecule has 156 valence electrons. The summed E-state index contributed by atoms with van der Waals surface area (Å²) in [5, 5.41) is 25.0. The molecule has 0 spiro atoms. The van der Waals surface area contributed by atoms with Gasteiger partial charge >= 0.3 is 0 Å². The number of benzene rings is 2. The van der Waals surface area contributed by atoms with Gasteiger partial charge in [-0.2, -0.15) is 5.26 Å². The minimum Gasteiger partial charge on any atom is -0.396 e. The summed E-state index contributed by atoms with van der Waals surface area (Å²) in [6.07, 6.45) is 0.293. The van der Waals surface area contributed by atoms with Crippen molar-refractivity contribution in [3.8, 4) is 6.07 Å². The number of nitrogens with one attached hydrogen (secondary N) is 2. The number of carbonyl (C=O) groups is 1. The van der Waals surface area contributed by atoms with Crippen LogP contribution in [0.15, 0.2) is 48.5 Å². The number of aliphatic hydroxyl groups excluding tert-OH is 1. The maximum atomic E-state index is 14.9. The van der Waals surface area contributed by atoms with Gasteiger partial charge < -0.3 is 15.2 Å². The van der Waals surface area contributed by atoms with Crippen molar-refractivity contribution in [2.24, 2.45) is 5.92 Å². The van der Waals surface area contributed by atoms with Crippen LogP contribution in [0.25, 0.3) is 0 Å². The highest BCUT2D eigenvalue weighted by molar-refractivity contribution is 7.80. The predicted molar refractivity (Wildman–Crippen MR) is 113 cm³/mol. The summed E-state index contributed by atoms with van der Waals surface area (Å²) in [6, 6.07) is 14.5. The molecule has 1 aliphatic rings. The Hall–Kier alpha value is -2.86. The highest BCUT2D eigenvalue weighted by Gasteiger charge is 2.47. The largest absolute Gasteiger partial charge is 0.396 e. The molecular weight excluding hydrogens is 405 g/mol. The third-order valence-electron chi connectivity index (χ3n) is 5.30. The van der Waals surface area contributed by atoms with E-state index < -0.39 is 23.2 Å². The lowest BCUT2D eigenvalue weighted by Crippen LogP contribution is -2.61. The lowest BCUT2D eigenvalue weighted by Gasteiger charge is -2.46. The third kappa shape index (κ3) is 4.49. The van der Waals surface area contributed by atoms with Crippen LogP contribution in [0.5, 0.6) is 0 Å². The number of nitriles is 1. The van der Waals surface area contributed by atoms with E-state index in [1.54, 1.807) is 30.3 Å². The fourth-order valence-electron chi connectivity index (χ4n) is 3.73. The summed E-state index contributed by atoms with van der Waals surface area (Å²) in [5.74, 6) is -1.44. The maximum Gasteiger partial charge on any atom is 0.257 e. The van der Waals surface area contributed by atoms with Crippen molar-refractivity contribution in [3.63, 3.8) is 0 Å². The molecule has 3 unspecified atom stereocenters. The van der Waals surface area contributed by atoms with Crippen LogP contribution in [0, 0.1) is 23.1 Å². The first kappa shape index (κ1) is 21.8. The van der Waals surface area contributed by atoms with E-state index in [0.29, 0.717) is 12.0 Å².